The summed E-state index contributed by atoms with van der Waals surface area (Å²) in [6, 6.07) is 0. The van der Waals surface area contributed by atoms with Gasteiger partial charge in [-0.15, -0.1) is 0 Å². The van der Waals surface area contributed by atoms with Crippen LogP contribution >= 0.6 is 0 Å². The lowest BCUT2D eigenvalue weighted by Gasteiger charge is -1.95. The van der Waals surface area contributed by atoms with E-state index < -0.39 is 6.09 Å². The minimum atomic E-state index is -0.523. The average molecular weight is 186 g/mol. The largest absolute Gasteiger partial charge is 0.452 e. The van der Waals surface area contributed by atoms with Crippen LogP contribution in [0.1, 0.15) is 39.0 Å². The van der Waals surface area contributed by atoms with Crippen LogP contribution in [0.3, 0.4) is 0 Å². The van der Waals surface area contributed by atoms with Gasteiger partial charge in [0, 0.05) is 6.21 Å². The Hall–Kier alpha value is -1.06. The van der Waals surface area contributed by atoms with Gasteiger partial charge in [0.1, 0.15) is 0 Å². The fourth-order valence-electron chi connectivity index (χ4n) is 0.871. The first-order chi connectivity index (χ1) is 6.31. The Balaban J connectivity index is 3.17. The van der Waals surface area contributed by atoms with E-state index in [1.165, 1.54) is 26.4 Å². The Kier molecular flexibility index (Phi) is 8.30. The van der Waals surface area contributed by atoms with Gasteiger partial charge in [0.15, 0.2) is 0 Å². The van der Waals surface area contributed by atoms with Gasteiger partial charge in [-0.1, -0.05) is 26.2 Å². The number of nitrogens with one attached hydrogen (secondary N) is 1. The van der Waals surface area contributed by atoms with Crippen molar-refractivity contribution >= 4 is 12.3 Å². The minimum Gasteiger partial charge on any atom is -0.452 e. The summed E-state index contributed by atoms with van der Waals surface area (Å²) in [5.41, 5.74) is 2.23. The lowest BCUT2D eigenvalue weighted by molar-refractivity contribution is 0.171. The summed E-state index contributed by atoms with van der Waals surface area (Å²) in [7, 11) is 1.31. The number of ether oxygens (including phenoxy) is 1. The van der Waals surface area contributed by atoms with Crippen LogP contribution in [0.15, 0.2) is 5.10 Å². The third-order valence-corrected chi connectivity index (χ3v) is 1.62. The van der Waals surface area contributed by atoms with Gasteiger partial charge in [-0.3, -0.25) is 0 Å². The third kappa shape index (κ3) is 8.85. The first-order valence-corrected chi connectivity index (χ1v) is 4.66. The first kappa shape index (κ1) is 11.9. The molecule has 0 bridgehead atoms. The summed E-state index contributed by atoms with van der Waals surface area (Å²) in [6.45, 7) is 2.17. The van der Waals surface area contributed by atoms with Gasteiger partial charge in [-0.05, 0) is 12.8 Å². The van der Waals surface area contributed by atoms with E-state index in [0.29, 0.717) is 0 Å². The molecule has 0 saturated heterocycles. The van der Waals surface area contributed by atoms with Crippen molar-refractivity contribution in [3.63, 3.8) is 0 Å². The van der Waals surface area contributed by atoms with E-state index in [1.807, 2.05) is 0 Å². The van der Waals surface area contributed by atoms with Crippen LogP contribution in [-0.2, 0) is 4.74 Å². The van der Waals surface area contributed by atoms with E-state index in [4.69, 9.17) is 0 Å². The molecule has 1 amide bonds. The fourth-order valence-corrected chi connectivity index (χ4v) is 0.871. The molecule has 13 heavy (non-hydrogen) atoms. The number of rotatable bonds is 6. The smallest absolute Gasteiger partial charge is 0.427 e. The standard InChI is InChI=1S/C9H18N2O2/c1-3-4-5-6-7-8-10-11-9(12)13-2/h8H,3-7H2,1-2H3,(H,11,12). The molecule has 1 N–H and O–H groups in total. The Morgan fingerprint density at radius 1 is 1.46 bits per heavy atom. The van der Waals surface area contributed by atoms with Crippen molar-refractivity contribution in [2.24, 2.45) is 5.10 Å². The van der Waals surface area contributed by atoms with E-state index in [0.717, 1.165) is 12.8 Å². The van der Waals surface area contributed by atoms with Crippen molar-refractivity contribution in [3.05, 3.63) is 0 Å². The SMILES string of the molecule is CCCCCCC=NNC(=O)OC. The second kappa shape index (κ2) is 9.03. The van der Waals surface area contributed by atoms with Gasteiger partial charge >= 0.3 is 6.09 Å². The summed E-state index contributed by atoms with van der Waals surface area (Å²) < 4.78 is 4.33. The molecule has 0 aliphatic rings. The zero-order chi connectivity index (χ0) is 9.94. The number of unbranched alkanes of at least 4 members (excludes halogenated alkanes) is 4. The molecule has 0 unspecified atom stereocenters. The van der Waals surface area contributed by atoms with Crippen molar-refractivity contribution in [2.75, 3.05) is 7.11 Å². The van der Waals surface area contributed by atoms with Crippen molar-refractivity contribution in [1.82, 2.24) is 5.43 Å². The predicted molar refractivity (Wildman–Crippen MR) is 52.8 cm³/mol. The number of hydrogen-bond acceptors (Lipinski definition) is 3. The van der Waals surface area contributed by atoms with Crippen molar-refractivity contribution < 1.29 is 9.53 Å². The molecule has 0 atom stereocenters. The van der Waals surface area contributed by atoms with Crippen molar-refractivity contribution in [2.45, 2.75) is 39.0 Å². The molecule has 4 heteroatoms. The lowest BCUT2D eigenvalue weighted by atomic mass is 10.2. The zero-order valence-corrected chi connectivity index (χ0v) is 8.38. The second-order valence-corrected chi connectivity index (χ2v) is 2.76. The highest BCUT2D eigenvalue weighted by atomic mass is 16.5. The Labute approximate surface area is 79.3 Å². The number of carbonyl (C=O) groups excluding carboxylic acids is 1. The van der Waals surface area contributed by atoms with Crippen LogP contribution in [-0.4, -0.2) is 19.4 Å². The Morgan fingerprint density at radius 3 is 2.85 bits per heavy atom. The monoisotopic (exact) mass is 186 g/mol. The highest BCUT2D eigenvalue weighted by Crippen LogP contribution is 2.00. The number of carbonyl (C=O) groups is 1. The Morgan fingerprint density at radius 2 is 2.23 bits per heavy atom. The highest BCUT2D eigenvalue weighted by molar-refractivity contribution is 5.68. The van der Waals surface area contributed by atoms with Crippen LogP contribution in [0.4, 0.5) is 4.79 Å². The van der Waals surface area contributed by atoms with Crippen molar-refractivity contribution in [1.29, 1.82) is 0 Å². The van der Waals surface area contributed by atoms with Crippen LogP contribution < -0.4 is 5.43 Å². The molecule has 0 aliphatic heterocycles. The van der Waals surface area contributed by atoms with Gasteiger partial charge < -0.3 is 4.74 Å². The lowest BCUT2D eigenvalue weighted by Crippen LogP contribution is -2.16. The summed E-state index contributed by atoms with van der Waals surface area (Å²) in [5.74, 6) is 0. The number of nitrogens with zero attached hydrogens (tertiary/aromatic N) is 1. The summed E-state index contributed by atoms with van der Waals surface area (Å²) >= 11 is 0. The van der Waals surface area contributed by atoms with E-state index in [9.17, 15) is 4.79 Å². The second-order valence-electron chi connectivity index (χ2n) is 2.76. The molecular formula is C9H18N2O2. The van der Waals surface area contributed by atoms with Gasteiger partial charge in [0.2, 0.25) is 0 Å². The van der Waals surface area contributed by atoms with E-state index >= 15 is 0 Å². The fraction of sp³-hybridized carbons (Fsp3) is 0.778. The molecule has 0 heterocycles. The molecule has 0 aliphatic carbocycles. The van der Waals surface area contributed by atoms with Crippen LogP contribution in [0, 0.1) is 0 Å². The predicted octanol–water partition coefficient (Wildman–Crippen LogP) is 2.30. The maximum absolute atomic E-state index is 10.5. The summed E-state index contributed by atoms with van der Waals surface area (Å²) in [6.07, 6.45) is 6.93. The molecule has 0 aromatic rings. The summed E-state index contributed by atoms with van der Waals surface area (Å²) in [5, 5.41) is 3.69. The van der Waals surface area contributed by atoms with E-state index in [-0.39, 0.29) is 0 Å². The normalized spacial score (nSPS) is 10.3. The van der Waals surface area contributed by atoms with Gasteiger partial charge in [0.05, 0.1) is 7.11 Å². The Bertz CT molecular complexity index is 158. The van der Waals surface area contributed by atoms with Crippen LogP contribution in [0.2, 0.25) is 0 Å². The van der Waals surface area contributed by atoms with Gasteiger partial charge in [0.25, 0.3) is 0 Å². The quantitative estimate of drug-likeness (QED) is 0.393. The molecule has 0 aromatic heterocycles. The highest BCUT2D eigenvalue weighted by Gasteiger charge is 1.91. The molecule has 0 aromatic carbocycles. The molecule has 0 fully saturated rings. The number of hydrogen-bond donors (Lipinski definition) is 1. The van der Waals surface area contributed by atoms with E-state index in [2.05, 4.69) is 22.2 Å². The maximum atomic E-state index is 10.5. The summed E-state index contributed by atoms with van der Waals surface area (Å²) in [4.78, 5) is 10.5. The number of hydrazone groups is 1. The molecule has 0 rings (SSSR count). The molecular weight excluding hydrogens is 168 g/mol. The van der Waals surface area contributed by atoms with Gasteiger partial charge in [-0.2, -0.15) is 5.10 Å². The van der Waals surface area contributed by atoms with E-state index in [1.54, 1.807) is 6.21 Å². The molecule has 0 radical (unpaired) electrons. The molecule has 76 valence electrons. The molecule has 0 spiro atoms. The van der Waals surface area contributed by atoms with Gasteiger partial charge in [-0.25, -0.2) is 10.2 Å². The number of methoxy groups -OCH3 is 1. The van der Waals surface area contributed by atoms with Crippen LogP contribution in [0.25, 0.3) is 0 Å². The average Bonchev–Trinajstić information content (AvgIpc) is 2.16. The topological polar surface area (TPSA) is 50.7 Å². The molecule has 4 nitrogen and oxygen atoms in total. The maximum Gasteiger partial charge on any atom is 0.427 e. The van der Waals surface area contributed by atoms with Crippen molar-refractivity contribution in [3.8, 4) is 0 Å². The molecule has 0 saturated carbocycles. The van der Waals surface area contributed by atoms with Crippen LogP contribution in [0.5, 0.6) is 0 Å². The zero-order valence-electron chi connectivity index (χ0n) is 8.38. The minimum absolute atomic E-state index is 0.523. The first-order valence-electron chi connectivity index (χ1n) is 4.66. The number of amides is 1. The third-order valence-electron chi connectivity index (χ3n) is 1.62.